The first kappa shape index (κ1) is 14.5. The van der Waals surface area contributed by atoms with E-state index >= 15 is 0 Å². The van der Waals surface area contributed by atoms with Gasteiger partial charge in [-0.15, -0.1) is 10.2 Å². The minimum absolute atomic E-state index is 0.270. The van der Waals surface area contributed by atoms with Gasteiger partial charge in [-0.05, 0) is 24.3 Å². The lowest BCUT2D eigenvalue weighted by molar-refractivity contribution is 0.521. The zero-order valence-electron chi connectivity index (χ0n) is 11.6. The Hall–Kier alpha value is -1.93. The Bertz CT molecular complexity index is 676. The van der Waals surface area contributed by atoms with Gasteiger partial charge in [-0.2, -0.15) is 0 Å². The lowest BCUT2D eigenvalue weighted by Crippen LogP contribution is -2.22. The highest BCUT2D eigenvalue weighted by Gasteiger charge is 2.16. The lowest BCUT2D eigenvalue weighted by Gasteiger charge is -2.12. The second kappa shape index (κ2) is 5.59. The molecule has 1 aromatic heterocycles. The summed E-state index contributed by atoms with van der Waals surface area (Å²) >= 11 is 0. The van der Waals surface area contributed by atoms with E-state index in [-0.39, 0.29) is 4.90 Å². The summed E-state index contributed by atoms with van der Waals surface area (Å²) in [6.45, 7) is 0.524. The summed E-state index contributed by atoms with van der Waals surface area (Å²) in [5.74, 6) is 0.801. The van der Waals surface area contributed by atoms with E-state index in [0.29, 0.717) is 6.54 Å². The Kier molecular flexibility index (Phi) is 4.05. The monoisotopic (exact) mass is 295 g/mol. The van der Waals surface area contributed by atoms with Crippen LogP contribution in [-0.4, -0.2) is 41.6 Å². The molecule has 0 bridgehead atoms. The van der Waals surface area contributed by atoms with Gasteiger partial charge in [0.15, 0.2) is 5.82 Å². The minimum atomic E-state index is -3.38. The van der Waals surface area contributed by atoms with Crippen molar-refractivity contribution in [3.63, 3.8) is 0 Å². The van der Waals surface area contributed by atoms with Gasteiger partial charge in [0.2, 0.25) is 10.0 Å². The van der Waals surface area contributed by atoms with E-state index in [2.05, 4.69) is 15.5 Å². The van der Waals surface area contributed by atoms with Crippen molar-refractivity contribution in [3.8, 4) is 0 Å². The van der Waals surface area contributed by atoms with Gasteiger partial charge in [-0.3, -0.25) is 0 Å². The number of anilines is 1. The molecule has 0 saturated heterocycles. The molecule has 0 saturated carbocycles. The van der Waals surface area contributed by atoms with Crippen molar-refractivity contribution in [2.24, 2.45) is 7.05 Å². The topological polar surface area (TPSA) is 80.1 Å². The van der Waals surface area contributed by atoms with Gasteiger partial charge in [0.1, 0.15) is 6.33 Å². The molecule has 7 nitrogen and oxygen atoms in total. The van der Waals surface area contributed by atoms with E-state index in [0.717, 1.165) is 11.5 Å². The van der Waals surface area contributed by atoms with Gasteiger partial charge in [0.05, 0.1) is 11.4 Å². The maximum Gasteiger partial charge on any atom is 0.242 e. The zero-order valence-corrected chi connectivity index (χ0v) is 12.4. The largest absolute Gasteiger partial charge is 0.378 e. The van der Waals surface area contributed by atoms with Crippen molar-refractivity contribution in [1.29, 1.82) is 0 Å². The Morgan fingerprint density at radius 2 is 1.90 bits per heavy atom. The van der Waals surface area contributed by atoms with Gasteiger partial charge < -0.3 is 9.88 Å². The van der Waals surface area contributed by atoms with Crippen LogP contribution < -0.4 is 5.32 Å². The predicted octanol–water partition coefficient (Wildman–Crippen LogP) is 0.677. The number of nitrogens with one attached hydrogen (secondary N) is 1. The maximum absolute atomic E-state index is 11.9. The Morgan fingerprint density at radius 1 is 1.25 bits per heavy atom. The Morgan fingerprint density at radius 3 is 2.40 bits per heavy atom. The SMILES string of the molecule is CN(C)S(=O)(=O)c1ccc(NCc2nncn2C)cc1. The van der Waals surface area contributed by atoms with Crippen LogP contribution >= 0.6 is 0 Å². The average Bonchev–Trinajstić information content (AvgIpc) is 2.82. The molecule has 0 aliphatic rings. The highest BCUT2D eigenvalue weighted by atomic mass is 32.2. The van der Waals surface area contributed by atoms with Crippen molar-refractivity contribution < 1.29 is 8.42 Å². The first-order valence-corrected chi connectivity index (χ1v) is 7.44. The van der Waals surface area contributed by atoms with Crippen molar-refractivity contribution in [3.05, 3.63) is 36.4 Å². The van der Waals surface area contributed by atoms with Crippen LogP contribution in [0, 0.1) is 0 Å². The summed E-state index contributed by atoms with van der Waals surface area (Å²) in [7, 11) is 1.50. The van der Waals surface area contributed by atoms with Crippen LogP contribution in [0.4, 0.5) is 5.69 Å². The molecule has 0 fully saturated rings. The van der Waals surface area contributed by atoms with Gasteiger partial charge in [-0.1, -0.05) is 0 Å². The summed E-state index contributed by atoms with van der Waals surface area (Å²) in [5.41, 5.74) is 0.825. The fourth-order valence-electron chi connectivity index (χ4n) is 1.60. The van der Waals surface area contributed by atoms with Crippen molar-refractivity contribution >= 4 is 15.7 Å². The molecule has 2 aromatic rings. The standard InChI is InChI=1S/C12H17N5O2S/c1-16(2)20(18,19)11-6-4-10(5-7-11)13-8-12-15-14-9-17(12)3/h4-7,9,13H,8H2,1-3H3. The molecule has 8 heteroatoms. The number of sulfonamides is 1. The third-order valence-corrected chi connectivity index (χ3v) is 4.72. The van der Waals surface area contributed by atoms with Crippen LogP contribution in [-0.2, 0) is 23.6 Å². The summed E-state index contributed by atoms with van der Waals surface area (Å²) < 4.78 is 26.8. The van der Waals surface area contributed by atoms with Crippen LogP contribution in [0.25, 0.3) is 0 Å². The summed E-state index contributed by atoms with van der Waals surface area (Å²) in [6.07, 6.45) is 1.63. The number of aromatic nitrogens is 3. The molecule has 0 spiro atoms. The van der Waals surface area contributed by atoms with E-state index in [1.807, 2.05) is 11.6 Å². The molecule has 0 radical (unpaired) electrons. The number of hydrogen-bond acceptors (Lipinski definition) is 5. The smallest absolute Gasteiger partial charge is 0.242 e. The molecule has 20 heavy (non-hydrogen) atoms. The van der Waals surface area contributed by atoms with Crippen LogP contribution in [0.5, 0.6) is 0 Å². The Labute approximate surface area is 118 Å². The van der Waals surface area contributed by atoms with Crippen LogP contribution in [0.15, 0.2) is 35.5 Å². The third-order valence-electron chi connectivity index (χ3n) is 2.89. The molecule has 1 aromatic carbocycles. The molecule has 108 valence electrons. The van der Waals surface area contributed by atoms with Gasteiger partial charge in [0, 0.05) is 26.8 Å². The number of nitrogens with zero attached hydrogens (tertiary/aromatic N) is 4. The normalized spacial score (nSPS) is 11.8. The predicted molar refractivity (Wildman–Crippen MR) is 75.6 cm³/mol. The summed E-state index contributed by atoms with van der Waals surface area (Å²) in [5, 5.41) is 10.9. The van der Waals surface area contributed by atoms with Crippen LogP contribution in [0.1, 0.15) is 5.82 Å². The van der Waals surface area contributed by atoms with E-state index in [4.69, 9.17) is 0 Å². The zero-order chi connectivity index (χ0) is 14.8. The van der Waals surface area contributed by atoms with Crippen molar-refractivity contribution in [1.82, 2.24) is 19.1 Å². The molecule has 1 heterocycles. The van der Waals surface area contributed by atoms with Gasteiger partial charge in [-0.25, -0.2) is 12.7 Å². The van der Waals surface area contributed by atoms with E-state index < -0.39 is 10.0 Å². The first-order valence-electron chi connectivity index (χ1n) is 6.00. The number of benzene rings is 1. The van der Waals surface area contributed by atoms with E-state index in [9.17, 15) is 8.42 Å². The number of hydrogen-bond donors (Lipinski definition) is 1. The van der Waals surface area contributed by atoms with E-state index in [1.54, 1.807) is 30.6 Å². The summed E-state index contributed by atoms with van der Waals surface area (Å²) in [6, 6.07) is 6.61. The number of rotatable bonds is 5. The second-order valence-corrected chi connectivity index (χ2v) is 6.68. The fourth-order valence-corrected chi connectivity index (χ4v) is 2.51. The quantitative estimate of drug-likeness (QED) is 0.877. The van der Waals surface area contributed by atoms with Crippen molar-refractivity contribution in [2.45, 2.75) is 11.4 Å². The molecular formula is C12H17N5O2S. The molecule has 0 amide bonds. The third kappa shape index (κ3) is 2.97. The first-order chi connectivity index (χ1) is 9.41. The lowest BCUT2D eigenvalue weighted by atomic mass is 10.3. The summed E-state index contributed by atoms with van der Waals surface area (Å²) in [4.78, 5) is 0.270. The van der Waals surface area contributed by atoms with E-state index in [1.165, 1.54) is 18.4 Å². The molecule has 2 rings (SSSR count). The molecule has 0 unspecified atom stereocenters. The minimum Gasteiger partial charge on any atom is -0.378 e. The average molecular weight is 295 g/mol. The second-order valence-electron chi connectivity index (χ2n) is 4.52. The number of aryl methyl sites for hydroxylation is 1. The fraction of sp³-hybridized carbons (Fsp3) is 0.333. The van der Waals surface area contributed by atoms with Crippen LogP contribution in [0.3, 0.4) is 0 Å². The molecule has 0 aliphatic heterocycles. The molecular weight excluding hydrogens is 278 g/mol. The van der Waals surface area contributed by atoms with Gasteiger partial charge in [0.25, 0.3) is 0 Å². The van der Waals surface area contributed by atoms with Crippen LogP contribution in [0.2, 0.25) is 0 Å². The molecule has 0 atom stereocenters. The highest BCUT2D eigenvalue weighted by molar-refractivity contribution is 7.89. The maximum atomic E-state index is 11.9. The van der Waals surface area contributed by atoms with Crippen molar-refractivity contribution in [2.75, 3.05) is 19.4 Å². The highest BCUT2D eigenvalue weighted by Crippen LogP contribution is 2.16. The Balaban J connectivity index is 2.08. The van der Waals surface area contributed by atoms with Gasteiger partial charge >= 0.3 is 0 Å². The molecule has 0 aliphatic carbocycles. The molecule has 1 N–H and O–H groups in total.